The van der Waals surface area contributed by atoms with Crippen molar-refractivity contribution >= 4 is 5.69 Å². The maximum Gasteiger partial charge on any atom is 0.162 e. The molecule has 0 aliphatic carbocycles. The van der Waals surface area contributed by atoms with E-state index in [-0.39, 0.29) is 0 Å². The van der Waals surface area contributed by atoms with E-state index >= 15 is 0 Å². The van der Waals surface area contributed by atoms with Crippen LogP contribution in [0.2, 0.25) is 0 Å². The zero-order chi connectivity index (χ0) is 13.9. The third kappa shape index (κ3) is 2.69. The van der Waals surface area contributed by atoms with Crippen molar-refractivity contribution < 1.29 is 9.26 Å². The highest BCUT2D eigenvalue weighted by atomic mass is 16.5. The normalized spacial score (nSPS) is 15.2. The molecular weight excluding hydrogens is 254 g/mol. The Morgan fingerprint density at radius 3 is 3.20 bits per heavy atom. The van der Waals surface area contributed by atoms with Gasteiger partial charge in [-0.2, -0.15) is 0 Å². The van der Waals surface area contributed by atoms with Crippen molar-refractivity contribution in [1.29, 1.82) is 0 Å². The van der Waals surface area contributed by atoms with Gasteiger partial charge in [0, 0.05) is 38.5 Å². The first-order valence-corrected chi connectivity index (χ1v) is 6.78. The molecule has 2 aromatic rings. The van der Waals surface area contributed by atoms with E-state index in [1.54, 1.807) is 7.11 Å². The minimum atomic E-state index is 0.461. The molecule has 0 amide bonds. The number of methoxy groups -OCH3 is 1. The molecule has 0 fully saturated rings. The van der Waals surface area contributed by atoms with E-state index in [2.05, 4.69) is 16.1 Å². The molecule has 1 aromatic carbocycles. The molecule has 1 aliphatic rings. The quantitative estimate of drug-likeness (QED) is 0.863. The lowest BCUT2D eigenvalue weighted by molar-refractivity contribution is 0.155. The third-order valence-corrected chi connectivity index (χ3v) is 3.67. The average molecular weight is 273 g/mol. The standard InChI is InChI=1S/C15H19N3O2/c1-19-10-13-7-12(17-20-13)8-18-6-5-11-3-2-4-15(16)14(11)9-18/h2-4,7H,5-6,8-10,16H2,1H3. The fourth-order valence-electron chi connectivity index (χ4n) is 2.67. The van der Waals surface area contributed by atoms with Gasteiger partial charge in [0.2, 0.25) is 0 Å². The topological polar surface area (TPSA) is 64.5 Å². The number of nitrogens with zero attached hydrogens (tertiary/aromatic N) is 2. The van der Waals surface area contributed by atoms with Crippen molar-refractivity contribution in [3.05, 3.63) is 46.8 Å². The molecule has 20 heavy (non-hydrogen) atoms. The van der Waals surface area contributed by atoms with Crippen LogP contribution >= 0.6 is 0 Å². The van der Waals surface area contributed by atoms with Crippen LogP contribution in [0.1, 0.15) is 22.6 Å². The van der Waals surface area contributed by atoms with Gasteiger partial charge in [-0.15, -0.1) is 0 Å². The summed E-state index contributed by atoms with van der Waals surface area (Å²) in [5.74, 6) is 0.763. The smallest absolute Gasteiger partial charge is 0.162 e. The second kappa shape index (κ2) is 5.64. The second-order valence-electron chi connectivity index (χ2n) is 5.16. The number of nitrogen functional groups attached to an aromatic ring is 1. The zero-order valence-electron chi connectivity index (χ0n) is 11.6. The molecule has 3 rings (SSSR count). The van der Waals surface area contributed by atoms with Gasteiger partial charge in [0.25, 0.3) is 0 Å². The molecule has 0 spiro atoms. The Balaban J connectivity index is 1.69. The summed E-state index contributed by atoms with van der Waals surface area (Å²) in [6.07, 6.45) is 1.03. The molecule has 1 aromatic heterocycles. The van der Waals surface area contributed by atoms with Gasteiger partial charge in [0.15, 0.2) is 5.76 Å². The molecule has 106 valence electrons. The van der Waals surface area contributed by atoms with Crippen LogP contribution < -0.4 is 5.73 Å². The predicted molar refractivity (Wildman–Crippen MR) is 75.9 cm³/mol. The van der Waals surface area contributed by atoms with Crippen LogP contribution in [0.5, 0.6) is 0 Å². The first-order chi connectivity index (χ1) is 9.76. The molecule has 0 atom stereocenters. The van der Waals surface area contributed by atoms with Gasteiger partial charge in [0.05, 0.1) is 5.69 Å². The largest absolute Gasteiger partial charge is 0.398 e. The van der Waals surface area contributed by atoms with Crippen molar-refractivity contribution in [1.82, 2.24) is 10.1 Å². The molecule has 0 saturated carbocycles. The highest BCUT2D eigenvalue weighted by Crippen LogP contribution is 2.25. The number of hydrogen-bond acceptors (Lipinski definition) is 5. The Morgan fingerprint density at radius 2 is 2.35 bits per heavy atom. The first kappa shape index (κ1) is 13.1. The zero-order valence-corrected chi connectivity index (χ0v) is 11.6. The van der Waals surface area contributed by atoms with Gasteiger partial charge < -0.3 is 15.0 Å². The Morgan fingerprint density at radius 1 is 1.45 bits per heavy atom. The van der Waals surface area contributed by atoms with Crippen molar-refractivity contribution in [3.63, 3.8) is 0 Å². The van der Waals surface area contributed by atoms with Gasteiger partial charge in [-0.05, 0) is 23.6 Å². The van der Waals surface area contributed by atoms with Gasteiger partial charge in [-0.3, -0.25) is 4.90 Å². The number of fused-ring (bicyclic) bond motifs is 1. The highest BCUT2D eigenvalue weighted by molar-refractivity contribution is 5.51. The molecule has 0 bridgehead atoms. The fraction of sp³-hybridized carbons (Fsp3) is 0.400. The predicted octanol–water partition coefficient (Wildman–Crippen LogP) is 1.96. The average Bonchev–Trinajstić information content (AvgIpc) is 2.88. The number of hydrogen-bond donors (Lipinski definition) is 1. The molecule has 0 saturated heterocycles. The van der Waals surface area contributed by atoms with Gasteiger partial charge in [-0.25, -0.2) is 0 Å². The van der Waals surface area contributed by atoms with E-state index in [0.717, 1.165) is 43.2 Å². The maximum absolute atomic E-state index is 6.06. The van der Waals surface area contributed by atoms with Crippen LogP contribution in [0.15, 0.2) is 28.8 Å². The van der Waals surface area contributed by atoms with Crippen molar-refractivity contribution in [3.8, 4) is 0 Å². The van der Waals surface area contributed by atoms with Gasteiger partial charge in [-0.1, -0.05) is 17.3 Å². The molecule has 0 unspecified atom stereocenters. The summed E-state index contributed by atoms with van der Waals surface area (Å²) in [5.41, 5.74) is 10.5. The van der Waals surface area contributed by atoms with Crippen molar-refractivity contribution in [2.75, 3.05) is 19.4 Å². The number of rotatable bonds is 4. The minimum Gasteiger partial charge on any atom is -0.398 e. The Bertz CT molecular complexity index is 595. The van der Waals surface area contributed by atoms with E-state index in [9.17, 15) is 0 Å². The van der Waals surface area contributed by atoms with Crippen LogP contribution in [-0.4, -0.2) is 23.7 Å². The number of aromatic nitrogens is 1. The SMILES string of the molecule is COCc1cc(CN2CCc3cccc(N)c3C2)no1. The lowest BCUT2D eigenvalue weighted by Crippen LogP contribution is -2.30. The van der Waals surface area contributed by atoms with Crippen LogP contribution in [0.4, 0.5) is 5.69 Å². The van der Waals surface area contributed by atoms with E-state index in [1.165, 1.54) is 11.1 Å². The molecule has 2 N–H and O–H groups in total. The number of nitrogens with two attached hydrogens (primary N) is 1. The van der Waals surface area contributed by atoms with Crippen LogP contribution in [0.3, 0.4) is 0 Å². The number of ether oxygens (including phenoxy) is 1. The summed E-state index contributed by atoms with van der Waals surface area (Å²) in [7, 11) is 1.65. The Hall–Kier alpha value is -1.85. The molecule has 0 radical (unpaired) electrons. The van der Waals surface area contributed by atoms with Crippen molar-refractivity contribution in [2.45, 2.75) is 26.1 Å². The lowest BCUT2D eigenvalue weighted by Gasteiger charge is -2.28. The van der Waals surface area contributed by atoms with E-state index in [4.69, 9.17) is 15.0 Å². The van der Waals surface area contributed by atoms with Crippen molar-refractivity contribution in [2.24, 2.45) is 0 Å². The van der Waals surface area contributed by atoms with E-state index in [1.807, 2.05) is 18.2 Å². The van der Waals surface area contributed by atoms with Gasteiger partial charge >= 0.3 is 0 Å². The third-order valence-electron chi connectivity index (χ3n) is 3.67. The fourth-order valence-corrected chi connectivity index (χ4v) is 2.67. The molecular formula is C15H19N3O2. The lowest BCUT2D eigenvalue weighted by atomic mass is 9.98. The summed E-state index contributed by atoms with van der Waals surface area (Å²) < 4.78 is 10.2. The maximum atomic E-state index is 6.06. The number of benzene rings is 1. The minimum absolute atomic E-state index is 0.461. The highest BCUT2D eigenvalue weighted by Gasteiger charge is 2.19. The Kier molecular flexibility index (Phi) is 3.71. The Labute approximate surface area is 118 Å². The summed E-state index contributed by atoms with van der Waals surface area (Å²) >= 11 is 0. The van der Waals surface area contributed by atoms with E-state index < -0.39 is 0 Å². The summed E-state index contributed by atoms with van der Waals surface area (Å²) in [4.78, 5) is 2.34. The first-order valence-electron chi connectivity index (χ1n) is 6.78. The summed E-state index contributed by atoms with van der Waals surface area (Å²) in [6.45, 7) is 3.13. The molecule has 1 aliphatic heterocycles. The summed E-state index contributed by atoms with van der Waals surface area (Å²) in [6, 6.07) is 8.11. The molecule has 5 nitrogen and oxygen atoms in total. The van der Waals surface area contributed by atoms with Crippen LogP contribution in [0, 0.1) is 0 Å². The second-order valence-corrected chi connectivity index (χ2v) is 5.16. The summed E-state index contributed by atoms with van der Waals surface area (Å²) in [5, 5.41) is 4.08. The molecule has 5 heteroatoms. The number of anilines is 1. The van der Waals surface area contributed by atoms with Gasteiger partial charge in [0.1, 0.15) is 6.61 Å². The van der Waals surface area contributed by atoms with Crippen LogP contribution in [-0.2, 0) is 30.9 Å². The monoisotopic (exact) mass is 273 g/mol. The van der Waals surface area contributed by atoms with Crippen LogP contribution in [0.25, 0.3) is 0 Å². The molecule has 2 heterocycles. The van der Waals surface area contributed by atoms with E-state index in [0.29, 0.717) is 6.61 Å².